The molecule has 0 aromatic carbocycles. The summed E-state index contributed by atoms with van der Waals surface area (Å²) in [5, 5.41) is 14.5. The molecule has 0 spiro atoms. The molecule has 0 saturated carbocycles. The highest BCUT2D eigenvalue weighted by Gasteiger charge is 2.13. The van der Waals surface area contributed by atoms with Crippen LogP contribution in [0.3, 0.4) is 0 Å². The van der Waals surface area contributed by atoms with E-state index in [9.17, 15) is 9.59 Å². The van der Waals surface area contributed by atoms with Gasteiger partial charge in [0.15, 0.2) is 0 Å². The van der Waals surface area contributed by atoms with Crippen molar-refractivity contribution in [1.82, 2.24) is 15.6 Å². The van der Waals surface area contributed by atoms with E-state index in [0.29, 0.717) is 12.2 Å². The van der Waals surface area contributed by atoms with Crippen LogP contribution in [0.25, 0.3) is 0 Å². The van der Waals surface area contributed by atoms with Crippen LogP contribution in [0.1, 0.15) is 37.0 Å². The fraction of sp³-hybridized carbons (Fsp3) is 0.462. The monoisotopic (exact) mass is 265 g/mol. The maximum absolute atomic E-state index is 11.5. The Morgan fingerprint density at radius 3 is 2.58 bits per heavy atom. The van der Waals surface area contributed by atoms with Gasteiger partial charge in [0.2, 0.25) is 5.91 Å². The number of carboxylic acid groups (broad SMARTS) is 1. The summed E-state index contributed by atoms with van der Waals surface area (Å²) in [6.45, 7) is 6.23. The lowest BCUT2D eigenvalue weighted by Gasteiger charge is -2.20. The van der Waals surface area contributed by atoms with Gasteiger partial charge in [-0.3, -0.25) is 4.79 Å². The van der Waals surface area contributed by atoms with Gasteiger partial charge in [0.25, 0.3) is 0 Å². The SMILES string of the molecule is CC(C)(C)NC(=O)CNCc1cccc(C(=O)O)n1. The molecule has 3 N–H and O–H groups in total. The maximum Gasteiger partial charge on any atom is 0.354 e. The Morgan fingerprint density at radius 1 is 1.32 bits per heavy atom. The van der Waals surface area contributed by atoms with Crippen LogP contribution in [0.2, 0.25) is 0 Å². The van der Waals surface area contributed by atoms with Gasteiger partial charge in [0, 0.05) is 12.1 Å². The van der Waals surface area contributed by atoms with Crippen LogP contribution in [0, 0.1) is 0 Å². The summed E-state index contributed by atoms with van der Waals surface area (Å²) in [7, 11) is 0. The number of hydrogen-bond acceptors (Lipinski definition) is 4. The Hall–Kier alpha value is -1.95. The Morgan fingerprint density at radius 2 is 2.00 bits per heavy atom. The number of rotatable bonds is 5. The summed E-state index contributed by atoms with van der Waals surface area (Å²) in [5.41, 5.74) is 0.321. The van der Waals surface area contributed by atoms with E-state index in [1.165, 1.54) is 6.07 Å². The minimum atomic E-state index is -1.06. The van der Waals surface area contributed by atoms with Gasteiger partial charge in [-0.25, -0.2) is 9.78 Å². The largest absolute Gasteiger partial charge is 0.477 e. The van der Waals surface area contributed by atoms with Crippen molar-refractivity contribution in [2.24, 2.45) is 0 Å². The predicted molar refractivity (Wildman–Crippen MR) is 70.8 cm³/mol. The van der Waals surface area contributed by atoms with Crippen LogP contribution in [-0.4, -0.2) is 34.1 Å². The molecular weight excluding hydrogens is 246 g/mol. The van der Waals surface area contributed by atoms with Crippen molar-refractivity contribution in [2.75, 3.05) is 6.54 Å². The Kier molecular flexibility index (Phi) is 5.00. The molecule has 6 heteroatoms. The van der Waals surface area contributed by atoms with Gasteiger partial charge in [-0.1, -0.05) is 6.07 Å². The van der Waals surface area contributed by atoms with E-state index in [0.717, 1.165) is 0 Å². The summed E-state index contributed by atoms with van der Waals surface area (Å²) < 4.78 is 0. The molecule has 1 heterocycles. The molecule has 0 atom stereocenters. The maximum atomic E-state index is 11.5. The second-order valence-electron chi connectivity index (χ2n) is 5.22. The van der Waals surface area contributed by atoms with Crippen LogP contribution in [0.4, 0.5) is 0 Å². The standard InChI is InChI=1S/C13H19N3O3/c1-13(2,3)16-11(17)8-14-7-9-5-4-6-10(15-9)12(18)19/h4-6,14H,7-8H2,1-3H3,(H,16,17)(H,18,19). The van der Waals surface area contributed by atoms with Crippen LogP contribution < -0.4 is 10.6 Å². The van der Waals surface area contributed by atoms with Gasteiger partial charge in [-0.05, 0) is 32.9 Å². The molecule has 1 amide bonds. The lowest BCUT2D eigenvalue weighted by Crippen LogP contribution is -2.44. The van der Waals surface area contributed by atoms with Gasteiger partial charge in [0.1, 0.15) is 5.69 Å². The highest BCUT2D eigenvalue weighted by Crippen LogP contribution is 2.00. The number of pyridine rings is 1. The van der Waals surface area contributed by atoms with Gasteiger partial charge in [0.05, 0.1) is 12.2 Å². The average molecular weight is 265 g/mol. The number of amides is 1. The summed E-state index contributed by atoms with van der Waals surface area (Å²) in [5.74, 6) is -1.17. The zero-order chi connectivity index (χ0) is 14.5. The minimum Gasteiger partial charge on any atom is -0.477 e. The van der Waals surface area contributed by atoms with Crippen molar-refractivity contribution < 1.29 is 14.7 Å². The number of carboxylic acids is 1. The van der Waals surface area contributed by atoms with E-state index < -0.39 is 5.97 Å². The molecule has 0 saturated heterocycles. The minimum absolute atomic E-state index is 0.00144. The van der Waals surface area contributed by atoms with E-state index >= 15 is 0 Å². The lowest BCUT2D eigenvalue weighted by atomic mass is 10.1. The van der Waals surface area contributed by atoms with E-state index in [4.69, 9.17) is 5.11 Å². The van der Waals surface area contributed by atoms with E-state index in [1.54, 1.807) is 12.1 Å². The molecule has 1 rings (SSSR count). The topological polar surface area (TPSA) is 91.3 Å². The molecule has 0 unspecified atom stereocenters. The summed E-state index contributed by atoms with van der Waals surface area (Å²) in [6, 6.07) is 4.77. The van der Waals surface area contributed by atoms with E-state index in [2.05, 4.69) is 15.6 Å². The second-order valence-corrected chi connectivity index (χ2v) is 5.22. The van der Waals surface area contributed by atoms with Crippen molar-refractivity contribution in [3.05, 3.63) is 29.6 Å². The molecule has 0 aliphatic heterocycles. The number of carbonyl (C=O) groups is 2. The molecule has 0 bridgehead atoms. The molecule has 1 aromatic rings. The number of nitrogens with one attached hydrogen (secondary N) is 2. The molecule has 0 aliphatic rings. The third-order valence-corrected chi connectivity index (χ3v) is 2.13. The molecule has 6 nitrogen and oxygen atoms in total. The number of nitrogens with zero attached hydrogens (tertiary/aromatic N) is 1. The third-order valence-electron chi connectivity index (χ3n) is 2.13. The highest BCUT2D eigenvalue weighted by molar-refractivity contribution is 5.85. The summed E-state index contributed by atoms with van der Waals surface area (Å²) in [4.78, 5) is 26.2. The van der Waals surface area contributed by atoms with Gasteiger partial charge in [-0.15, -0.1) is 0 Å². The lowest BCUT2D eigenvalue weighted by molar-refractivity contribution is -0.121. The number of hydrogen-bond donors (Lipinski definition) is 3. The smallest absolute Gasteiger partial charge is 0.354 e. The van der Waals surface area contributed by atoms with Crippen LogP contribution in [0.5, 0.6) is 0 Å². The van der Waals surface area contributed by atoms with E-state index in [1.807, 2.05) is 20.8 Å². The normalized spacial score (nSPS) is 11.1. The fourth-order valence-electron chi connectivity index (χ4n) is 1.46. The van der Waals surface area contributed by atoms with Crippen molar-refractivity contribution in [3.8, 4) is 0 Å². The Bertz CT molecular complexity index is 466. The van der Waals surface area contributed by atoms with Crippen molar-refractivity contribution in [2.45, 2.75) is 32.9 Å². The number of aromatic carboxylic acids is 1. The Balaban J connectivity index is 2.43. The number of carbonyl (C=O) groups excluding carboxylic acids is 1. The van der Waals surface area contributed by atoms with Crippen molar-refractivity contribution >= 4 is 11.9 Å². The number of aromatic nitrogens is 1. The Labute approximate surface area is 112 Å². The van der Waals surface area contributed by atoms with Crippen LogP contribution >= 0.6 is 0 Å². The zero-order valence-electron chi connectivity index (χ0n) is 11.4. The summed E-state index contributed by atoms with van der Waals surface area (Å²) >= 11 is 0. The molecule has 0 aliphatic carbocycles. The fourth-order valence-corrected chi connectivity index (χ4v) is 1.46. The van der Waals surface area contributed by atoms with E-state index in [-0.39, 0.29) is 23.7 Å². The molecule has 0 fully saturated rings. The molecular formula is C13H19N3O3. The molecule has 104 valence electrons. The predicted octanol–water partition coefficient (Wildman–Crippen LogP) is 0.784. The quantitative estimate of drug-likeness (QED) is 0.732. The second kappa shape index (κ2) is 6.29. The van der Waals surface area contributed by atoms with Crippen LogP contribution in [-0.2, 0) is 11.3 Å². The zero-order valence-corrected chi connectivity index (χ0v) is 11.4. The molecule has 1 aromatic heterocycles. The average Bonchev–Trinajstić information content (AvgIpc) is 2.27. The van der Waals surface area contributed by atoms with Gasteiger partial charge in [-0.2, -0.15) is 0 Å². The first kappa shape index (κ1) is 15.1. The third kappa shape index (κ3) is 5.96. The first-order valence-corrected chi connectivity index (χ1v) is 5.99. The summed E-state index contributed by atoms with van der Waals surface area (Å²) in [6.07, 6.45) is 0. The van der Waals surface area contributed by atoms with Crippen molar-refractivity contribution in [1.29, 1.82) is 0 Å². The van der Waals surface area contributed by atoms with Crippen LogP contribution in [0.15, 0.2) is 18.2 Å². The van der Waals surface area contributed by atoms with Gasteiger partial charge >= 0.3 is 5.97 Å². The molecule has 0 radical (unpaired) electrons. The highest BCUT2D eigenvalue weighted by atomic mass is 16.4. The van der Waals surface area contributed by atoms with Gasteiger partial charge < -0.3 is 15.7 Å². The first-order valence-electron chi connectivity index (χ1n) is 5.99. The molecule has 19 heavy (non-hydrogen) atoms. The first-order chi connectivity index (χ1) is 8.78. The van der Waals surface area contributed by atoms with Crippen molar-refractivity contribution in [3.63, 3.8) is 0 Å².